The molecule has 1 N–H and O–H groups in total. The van der Waals surface area contributed by atoms with E-state index in [0.29, 0.717) is 25.0 Å². The summed E-state index contributed by atoms with van der Waals surface area (Å²) in [5, 5.41) is 11.5. The SMILES string of the molecule is CNc1nccc(N(CCC#N)C(C)C)n1. The van der Waals surface area contributed by atoms with Crippen molar-refractivity contribution in [3.05, 3.63) is 12.3 Å². The number of anilines is 2. The van der Waals surface area contributed by atoms with E-state index < -0.39 is 0 Å². The number of nitrogens with one attached hydrogen (secondary N) is 1. The first-order chi connectivity index (χ1) is 7.69. The Hall–Kier alpha value is -1.83. The topological polar surface area (TPSA) is 64.8 Å². The molecule has 16 heavy (non-hydrogen) atoms. The molecule has 86 valence electrons. The van der Waals surface area contributed by atoms with Gasteiger partial charge in [0.1, 0.15) is 5.82 Å². The first-order valence-corrected chi connectivity index (χ1v) is 5.33. The summed E-state index contributed by atoms with van der Waals surface area (Å²) in [6, 6.07) is 4.32. The Bertz CT molecular complexity index is 369. The first kappa shape index (κ1) is 12.2. The highest BCUT2D eigenvalue weighted by atomic mass is 15.2. The van der Waals surface area contributed by atoms with Crippen LogP contribution in [0.2, 0.25) is 0 Å². The highest BCUT2D eigenvalue weighted by molar-refractivity contribution is 5.43. The molecule has 0 fully saturated rings. The predicted molar refractivity (Wildman–Crippen MR) is 64.3 cm³/mol. The normalized spacial score (nSPS) is 9.94. The van der Waals surface area contributed by atoms with Gasteiger partial charge in [0.15, 0.2) is 0 Å². The standard InChI is InChI=1S/C11H17N5/c1-9(2)16(8-4-6-12)10-5-7-14-11(13-3)15-10/h5,7,9H,4,8H2,1-3H3,(H,13,14,15). The monoisotopic (exact) mass is 219 g/mol. The molecule has 0 aliphatic heterocycles. The summed E-state index contributed by atoms with van der Waals surface area (Å²) >= 11 is 0. The van der Waals surface area contributed by atoms with Crippen molar-refractivity contribution in [2.24, 2.45) is 0 Å². The first-order valence-electron chi connectivity index (χ1n) is 5.33. The van der Waals surface area contributed by atoms with Crippen molar-refractivity contribution in [2.45, 2.75) is 26.3 Å². The molecule has 0 atom stereocenters. The van der Waals surface area contributed by atoms with E-state index in [2.05, 4.69) is 40.1 Å². The zero-order chi connectivity index (χ0) is 12.0. The van der Waals surface area contributed by atoms with E-state index in [4.69, 9.17) is 5.26 Å². The number of aromatic nitrogens is 2. The van der Waals surface area contributed by atoms with Crippen LogP contribution in [-0.2, 0) is 0 Å². The van der Waals surface area contributed by atoms with Crippen LogP contribution in [0.3, 0.4) is 0 Å². The van der Waals surface area contributed by atoms with Crippen LogP contribution >= 0.6 is 0 Å². The van der Waals surface area contributed by atoms with Gasteiger partial charge in [-0.3, -0.25) is 0 Å². The van der Waals surface area contributed by atoms with Crippen LogP contribution in [0.25, 0.3) is 0 Å². The lowest BCUT2D eigenvalue weighted by molar-refractivity contribution is 0.676. The zero-order valence-corrected chi connectivity index (χ0v) is 9.94. The minimum Gasteiger partial charge on any atom is -0.357 e. The molecule has 5 heteroatoms. The Balaban J connectivity index is 2.88. The van der Waals surface area contributed by atoms with Crippen LogP contribution in [-0.4, -0.2) is 29.6 Å². The Morgan fingerprint density at radius 1 is 1.56 bits per heavy atom. The van der Waals surface area contributed by atoms with Crippen molar-refractivity contribution in [1.82, 2.24) is 9.97 Å². The second-order valence-corrected chi connectivity index (χ2v) is 3.68. The van der Waals surface area contributed by atoms with E-state index >= 15 is 0 Å². The molecule has 0 spiro atoms. The largest absolute Gasteiger partial charge is 0.357 e. The molecule has 5 nitrogen and oxygen atoms in total. The second-order valence-electron chi connectivity index (χ2n) is 3.68. The van der Waals surface area contributed by atoms with Crippen LogP contribution in [0.1, 0.15) is 20.3 Å². The Morgan fingerprint density at radius 2 is 2.31 bits per heavy atom. The molecule has 0 bridgehead atoms. The second kappa shape index (κ2) is 5.91. The van der Waals surface area contributed by atoms with Gasteiger partial charge in [-0.25, -0.2) is 4.98 Å². The van der Waals surface area contributed by atoms with Crippen molar-refractivity contribution >= 4 is 11.8 Å². The maximum absolute atomic E-state index is 8.62. The summed E-state index contributed by atoms with van der Waals surface area (Å²) in [6.07, 6.45) is 2.22. The molecular weight excluding hydrogens is 202 g/mol. The lowest BCUT2D eigenvalue weighted by Gasteiger charge is -2.26. The molecule has 0 saturated heterocycles. The van der Waals surface area contributed by atoms with Crippen molar-refractivity contribution < 1.29 is 0 Å². The summed E-state index contributed by atoms with van der Waals surface area (Å²) in [5.74, 6) is 1.45. The minimum atomic E-state index is 0.313. The molecule has 0 aromatic carbocycles. The van der Waals surface area contributed by atoms with E-state index in [0.717, 1.165) is 5.82 Å². The van der Waals surface area contributed by atoms with Crippen molar-refractivity contribution in [2.75, 3.05) is 23.8 Å². The van der Waals surface area contributed by atoms with Crippen LogP contribution in [0.4, 0.5) is 11.8 Å². The van der Waals surface area contributed by atoms with Gasteiger partial charge in [0.05, 0.1) is 12.5 Å². The highest BCUT2D eigenvalue weighted by Crippen LogP contribution is 2.15. The average Bonchev–Trinajstić information content (AvgIpc) is 2.29. The fourth-order valence-corrected chi connectivity index (χ4v) is 1.44. The third kappa shape index (κ3) is 3.09. The molecule has 0 saturated carbocycles. The number of rotatable bonds is 5. The van der Waals surface area contributed by atoms with Crippen molar-refractivity contribution in [3.63, 3.8) is 0 Å². The molecule has 1 aromatic heterocycles. The van der Waals surface area contributed by atoms with Crippen LogP contribution in [0, 0.1) is 11.3 Å². The fourth-order valence-electron chi connectivity index (χ4n) is 1.44. The third-order valence-corrected chi connectivity index (χ3v) is 2.25. The molecule has 1 rings (SSSR count). The van der Waals surface area contributed by atoms with Gasteiger partial charge in [0, 0.05) is 25.8 Å². The lowest BCUT2D eigenvalue weighted by Crippen LogP contribution is -2.32. The molecule has 0 aliphatic rings. The number of hydrogen-bond donors (Lipinski definition) is 1. The summed E-state index contributed by atoms with van der Waals surface area (Å²) in [6.45, 7) is 4.85. The van der Waals surface area contributed by atoms with Gasteiger partial charge in [-0.15, -0.1) is 0 Å². The van der Waals surface area contributed by atoms with Crippen molar-refractivity contribution in [3.8, 4) is 6.07 Å². The van der Waals surface area contributed by atoms with Crippen LogP contribution in [0.15, 0.2) is 12.3 Å². The van der Waals surface area contributed by atoms with Gasteiger partial charge in [0.2, 0.25) is 5.95 Å². The molecular formula is C11H17N5. The Morgan fingerprint density at radius 3 is 2.88 bits per heavy atom. The van der Waals surface area contributed by atoms with E-state index in [-0.39, 0.29) is 0 Å². The van der Waals surface area contributed by atoms with Gasteiger partial charge < -0.3 is 10.2 Å². The molecule has 1 heterocycles. The average molecular weight is 219 g/mol. The van der Waals surface area contributed by atoms with Gasteiger partial charge in [-0.2, -0.15) is 10.2 Å². The van der Waals surface area contributed by atoms with Crippen LogP contribution < -0.4 is 10.2 Å². The van der Waals surface area contributed by atoms with Gasteiger partial charge in [0.25, 0.3) is 0 Å². The summed E-state index contributed by atoms with van der Waals surface area (Å²) in [5.41, 5.74) is 0. The van der Waals surface area contributed by atoms with Gasteiger partial charge >= 0.3 is 0 Å². The Labute approximate surface area is 96.1 Å². The number of nitrogens with zero attached hydrogens (tertiary/aromatic N) is 4. The van der Waals surface area contributed by atoms with E-state index in [9.17, 15) is 0 Å². The molecule has 1 aromatic rings. The zero-order valence-electron chi connectivity index (χ0n) is 9.94. The number of hydrogen-bond acceptors (Lipinski definition) is 5. The van der Waals surface area contributed by atoms with E-state index in [1.54, 1.807) is 13.2 Å². The number of nitriles is 1. The molecule has 0 radical (unpaired) electrons. The maximum atomic E-state index is 8.62. The van der Waals surface area contributed by atoms with E-state index in [1.165, 1.54) is 0 Å². The predicted octanol–water partition coefficient (Wildman–Crippen LogP) is 1.65. The van der Waals surface area contributed by atoms with Gasteiger partial charge in [-0.1, -0.05) is 0 Å². The van der Waals surface area contributed by atoms with Crippen molar-refractivity contribution in [1.29, 1.82) is 5.26 Å². The third-order valence-electron chi connectivity index (χ3n) is 2.25. The Kier molecular flexibility index (Phi) is 4.52. The quantitative estimate of drug-likeness (QED) is 0.815. The summed E-state index contributed by atoms with van der Waals surface area (Å²) in [4.78, 5) is 10.5. The lowest BCUT2D eigenvalue weighted by atomic mass is 10.3. The summed E-state index contributed by atoms with van der Waals surface area (Å²) < 4.78 is 0. The summed E-state index contributed by atoms with van der Waals surface area (Å²) in [7, 11) is 1.79. The molecule has 0 amide bonds. The maximum Gasteiger partial charge on any atom is 0.224 e. The minimum absolute atomic E-state index is 0.313. The highest BCUT2D eigenvalue weighted by Gasteiger charge is 2.11. The van der Waals surface area contributed by atoms with Crippen LogP contribution in [0.5, 0.6) is 0 Å². The molecule has 0 aliphatic carbocycles. The van der Waals surface area contributed by atoms with E-state index in [1.807, 2.05) is 6.07 Å². The van der Waals surface area contributed by atoms with Gasteiger partial charge in [-0.05, 0) is 19.9 Å². The smallest absolute Gasteiger partial charge is 0.224 e. The molecule has 0 unspecified atom stereocenters. The fraction of sp³-hybridized carbons (Fsp3) is 0.545.